The van der Waals surface area contributed by atoms with Gasteiger partial charge in [0.1, 0.15) is 11.8 Å². The molecule has 0 spiro atoms. The number of pyridine rings is 1. The van der Waals surface area contributed by atoms with E-state index in [1.807, 2.05) is 19.1 Å². The summed E-state index contributed by atoms with van der Waals surface area (Å²) in [6, 6.07) is 11.9. The Morgan fingerprint density at radius 2 is 2.16 bits per heavy atom. The molecule has 94 valence electrons. The van der Waals surface area contributed by atoms with Gasteiger partial charge in [0.2, 0.25) is 0 Å². The Kier molecular flexibility index (Phi) is 3.79. The molecule has 2 aromatic rings. The van der Waals surface area contributed by atoms with Gasteiger partial charge in [0.15, 0.2) is 0 Å². The van der Waals surface area contributed by atoms with Crippen LogP contribution in [0.4, 0.5) is 5.69 Å². The molecule has 19 heavy (non-hydrogen) atoms. The average molecular weight is 272 g/mol. The van der Waals surface area contributed by atoms with Crippen molar-refractivity contribution >= 4 is 23.2 Å². The van der Waals surface area contributed by atoms with Gasteiger partial charge in [-0.05, 0) is 37.3 Å². The molecule has 1 heterocycles. The largest absolute Gasteiger partial charge is 0.321 e. The fourth-order valence-corrected chi connectivity index (χ4v) is 1.77. The molecular formula is C14H10ClN3O. The zero-order valence-electron chi connectivity index (χ0n) is 10.1. The lowest BCUT2D eigenvalue weighted by atomic mass is 10.2. The molecule has 1 aromatic carbocycles. The van der Waals surface area contributed by atoms with Crippen molar-refractivity contribution in [3.8, 4) is 6.07 Å². The Labute approximate surface area is 115 Å². The molecule has 1 amide bonds. The highest BCUT2D eigenvalue weighted by atomic mass is 35.5. The molecule has 0 saturated heterocycles. The molecular weight excluding hydrogens is 262 g/mol. The SMILES string of the molecule is Cc1cccc(C(=O)Nc2ccc(C#N)c(Cl)c2)n1. The number of aromatic nitrogens is 1. The van der Waals surface area contributed by atoms with Crippen molar-refractivity contribution in [1.82, 2.24) is 4.98 Å². The van der Waals surface area contributed by atoms with Crippen molar-refractivity contribution in [1.29, 1.82) is 5.26 Å². The number of aryl methyl sites for hydroxylation is 1. The summed E-state index contributed by atoms with van der Waals surface area (Å²) in [5.74, 6) is -0.315. The maximum atomic E-state index is 12.0. The van der Waals surface area contributed by atoms with Crippen LogP contribution in [-0.4, -0.2) is 10.9 Å². The van der Waals surface area contributed by atoms with E-state index in [0.29, 0.717) is 22.0 Å². The highest BCUT2D eigenvalue weighted by Crippen LogP contribution is 2.20. The van der Waals surface area contributed by atoms with Gasteiger partial charge in [0.25, 0.3) is 5.91 Å². The summed E-state index contributed by atoms with van der Waals surface area (Å²) in [6.07, 6.45) is 0. The number of anilines is 1. The Hall–Kier alpha value is -2.38. The number of carbonyl (C=O) groups excluding carboxylic acids is 1. The van der Waals surface area contributed by atoms with Gasteiger partial charge in [-0.3, -0.25) is 4.79 Å². The highest BCUT2D eigenvalue weighted by Gasteiger charge is 2.08. The smallest absolute Gasteiger partial charge is 0.274 e. The minimum Gasteiger partial charge on any atom is -0.321 e. The third-order valence-corrected chi connectivity index (χ3v) is 2.78. The Balaban J connectivity index is 2.20. The van der Waals surface area contributed by atoms with Crippen molar-refractivity contribution in [2.24, 2.45) is 0 Å². The van der Waals surface area contributed by atoms with Crippen LogP contribution in [0.5, 0.6) is 0 Å². The maximum absolute atomic E-state index is 12.0. The van der Waals surface area contributed by atoms with Crippen LogP contribution in [0.3, 0.4) is 0 Å². The molecule has 0 aliphatic rings. The first-order valence-corrected chi connectivity index (χ1v) is 5.92. The van der Waals surface area contributed by atoms with Crippen LogP contribution in [0, 0.1) is 18.3 Å². The van der Waals surface area contributed by atoms with Crippen LogP contribution in [0.15, 0.2) is 36.4 Å². The molecule has 0 radical (unpaired) electrons. The molecule has 0 aliphatic carbocycles. The highest BCUT2D eigenvalue weighted by molar-refractivity contribution is 6.32. The molecule has 0 fully saturated rings. The van der Waals surface area contributed by atoms with E-state index in [-0.39, 0.29) is 5.91 Å². The second-order valence-corrected chi connectivity index (χ2v) is 4.33. The maximum Gasteiger partial charge on any atom is 0.274 e. The molecule has 2 rings (SSSR count). The Morgan fingerprint density at radius 3 is 2.79 bits per heavy atom. The number of hydrogen-bond donors (Lipinski definition) is 1. The quantitative estimate of drug-likeness (QED) is 0.912. The molecule has 0 atom stereocenters. The van der Waals surface area contributed by atoms with Gasteiger partial charge in [0, 0.05) is 11.4 Å². The van der Waals surface area contributed by atoms with E-state index >= 15 is 0 Å². The van der Waals surface area contributed by atoms with Crippen LogP contribution in [-0.2, 0) is 0 Å². The van der Waals surface area contributed by atoms with Gasteiger partial charge in [-0.25, -0.2) is 4.98 Å². The number of nitriles is 1. The zero-order chi connectivity index (χ0) is 13.8. The van der Waals surface area contributed by atoms with Crippen LogP contribution < -0.4 is 5.32 Å². The summed E-state index contributed by atoms with van der Waals surface area (Å²) in [4.78, 5) is 16.1. The summed E-state index contributed by atoms with van der Waals surface area (Å²) in [7, 11) is 0. The topological polar surface area (TPSA) is 65.8 Å². The number of amides is 1. The number of benzene rings is 1. The second-order valence-electron chi connectivity index (χ2n) is 3.92. The van der Waals surface area contributed by atoms with E-state index in [9.17, 15) is 4.79 Å². The summed E-state index contributed by atoms with van der Waals surface area (Å²) in [5.41, 5.74) is 2.00. The fraction of sp³-hybridized carbons (Fsp3) is 0.0714. The van der Waals surface area contributed by atoms with E-state index in [4.69, 9.17) is 16.9 Å². The van der Waals surface area contributed by atoms with Crippen LogP contribution in [0.25, 0.3) is 0 Å². The van der Waals surface area contributed by atoms with Gasteiger partial charge < -0.3 is 5.32 Å². The first-order chi connectivity index (χ1) is 9.10. The molecule has 0 aliphatic heterocycles. The summed E-state index contributed by atoms with van der Waals surface area (Å²) in [5, 5.41) is 11.8. The first-order valence-electron chi connectivity index (χ1n) is 5.55. The van der Waals surface area contributed by atoms with Crippen molar-refractivity contribution in [2.45, 2.75) is 6.92 Å². The number of carbonyl (C=O) groups is 1. The average Bonchev–Trinajstić information content (AvgIpc) is 2.39. The molecule has 1 aromatic heterocycles. The number of halogens is 1. The van der Waals surface area contributed by atoms with Crippen molar-refractivity contribution in [2.75, 3.05) is 5.32 Å². The van der Waals surface area contributed by atoms with Gasteiger partial charge in [0.05, 0.1) is 10.6 Å². The van der Waals surface area contributed by atoms with Crippen LogP contribution in [0.1, 0.15) is 21.7 Å². The lowest BCUT2D eigenvalue weighted by Gasteiger charge is -2.06. The lowest BCUT2D eigenvalue weighted by Crippen LogP contribution is -2.13. The van der Waals surface area contributed by atoms with E-state index < -0.39 is 0 Å². The van der Waals surface area contributed by atoms with Crippen LogP contribution >= 0.6 is 11.6 Å². The number of rotatable bonds is 2. The number of hydrogen-bond acceptors (Lipinski definition) is 3. The predicted molar refractivity (Wildman–Crippen MR) is 73.1 cm³/mol. The van der Waals surface area contributed by atoms with E-state index in [1.54, 1.807) is 24.3 Å². The van der Waals surface area contributed by atoms with Crippen molar-refractivity contribution in [3.05, 3.63) is 58.4 Å². The van der Waals surface area contributed by atoms with Gasteiger partial charge in [-0.1, -0.05) is 17.7 Å². The van der Waals surface area contributed by atoms with Gasteiger partial charge in [-0.15, -0.1) is 0 Å². The normalized spacial score (nSPS) is 9.74. The van der Waals surface area contributed by atoms with E-state index in [1.165, 1.54) is 6.07 Å². The summed E-state index contributed by atoms with van der Waals surface area (Å²) >= 11 is 5.89. The standard InChI is InChI=1S/C14H10ClN3O/c1-9-3-2-4-13(17-9)14(19)18-11-6-5-10(8-16)12(15)7-11/h2-7H,1H3,(H,18,19). The van der Waals surface area contributed by atoms with Gasteiger partial charge in [-0.2, -0.15) is 5.26 Å². The van der Waals surface area contributed by atoms with Crippen molar-refractivity contribution in [3.63, 3.8) is 0 Å². The number of nitrogens with one attached hydrogen (secondary N) is 1. The zero-order valence-corrected chi connectivity index (χ0v) is 10.9. The van der Waals surface area contributed by atoms with Crippen molar-refractivity contribution < 1.29 is 4.79 Å². The molecule has 0 bridgehead atoms. The van der Waals surface area contributed by atoms with Gasteiger partial charge >= 0.3 is 0 Å². The molecule has 0 saturated carbocycles. The summed E-state index contributed by atoms with van der Waals surface area (Å²) < 4.78 is 0. The predicted octanol–water partition coefficient (Wildman–Crippen LogP) is 3.17. The minimum absolute atomic E-state index is 0.303. The molecule has 1 N–H and O–H groups in total. The molecule has 4 nitrogen and oxygen atoms in total. The van der Waals surface area contributed by atoms with E-state index in [0.717, 1.165) is 5.69 Å². The number of nitrogens with zero attached hydrogens (tertiary/aromatic N) is 2. The van der Waals surface area contributed by atoms with E-state index in [2.05, 4.69) is 10.3 Å². The Bertz CT molecular complexity index is 677. The monoisotopic (exact) mass is 271 g/mol. The third kappa shape index (κ3) is 3.09. The first kappa shape index (κ1) is 13.1. The fourth-order valence-electron chi connectivity index (χ4n) is 1.55. The Morgan fingerprint density at radius 1 is 1.37 bits per heavy atom. The minimum atomic E-state index is -0.315. The molecule has 0 unspecified atom stereocenters. The molecule has 5 heteroatoms. The lowest BCUT2D eigenvalue weighted by molar-refractivity contribution is 0.102. The summed E-state index contributed by atoms with van der Waals surface area (Å²) in [6.45, 7) is 1.81. The second kappa shape index (κ2) is 5.51. The van der Waals surface area contributed by atoms with Crippen LogP contribution in [0.2, 0.25) is 5.02 Å². The third-order valence-electron chi connectivity index (χ3n) is 2.47.